The highest BCUT2D eigenvalue weighted by Crippen LogP contribution is 2.31. The maximum atomic E-state index is 5.47. The van der Waals surface area contributed by atoms with Crippen molar-refractivity contribution in [2.75, 3.05) is 38.2 Å². The first-order valence-electron chi connectivity index (χ1n) is 9.05. The van der Waals surface area contributed by atoms with Gasteiger partial charge in [0.15, 0.2) is 0 Å². The Labute approximate surface area is 158 Å². The number of ether oxygens (including phenoxy) is 1. The van der Waals surface area contributed by atoms with Crippen LogP contribution in [-0.4, -0.2) is 38.3 Å². The highest BCUT2D eigenvalue weighted by molar-refractivity contribution is 7.13. The van der Waals surface area contributed by atoms with E-state index in [1.807, 2.05) is 18.2 Å². The molecule has 0 amide bonds. The molecule has 1 saturated heterocycles. The molecule has 1 fully saturated rings. The molecule has 0 atom stereocenters. The van der Waals surface area contributed by atoms with Crippen LogP contribution in [0.25, 0.3) is 10.6 Å². The molecule has 0 aliphatic carbocycles. The molecule has 1 aromatic heterocycles. The van der Waals surface area contributed by atoms with Crippen LogP contribution in [-0.2, 0) is 6.54 Å². The van der Waals surface area contributed by atoms with Crippen LogP contribution >= 0.6 is 11.3 Å². The van der Waals surface area contributed by atoms with Gasteiger partial charge in [-0.3, -0.25) is 0 Å². The van der Waals surface area contributed by atoms with Crippen molar-refractivity contribution < 1.29 is 9.64 Å². The summed E-state index contributed by atoms with van der Waals surface area (Å²) in [4.78, 5) is 8.95. The summed E-state index contributed by atoms with van der Waals surface area (Å²) >= 11 is 1.70. The third-order valence-electron chi connectivity index (χ3n) is 4.91. The molecule has 1 aliphatic rings. The topological polar surface area (TPSA) is 29.8 Å². The summed E-state index contributed by atoms with van der Waals surface area (Å²) in [6.45, 7) is 5.49. The van der Waals surface area contributed by atoms with Gasteiger partial charge >= 0.3 is 0 Å². The lowest BCUT2D eigenvalue weighted by molar-refractivity contribution is -0.914. The lowest BCUT2D eigenvalue weighted by Crippen LogP contribution is -3.13. The quantitative estimate of drug-likeness (QED) is 0.753. The minimum atomic E-state index is 0.886. The number of aromatic nitrogens is 1. The molecule has 0 spiro atoms. The molecule has 2 heterocycles. The number of hydrogen-bond donors (Lipinski definition) is 1. The third kappa shape index (κ3) is 3.74. The van der Waals surface area contributed by atoms with Crippen LogP contribution in [0.1, 0.15) is 5.69 Å². The zero-order valence-corrected chi connectivity index (χ0v) is 15.8. The fourth-order valence-corrected chi connectivity index (χ4v) is 4.34. The smallest absolute Gasteiger partial charge is 0.129 e. The van der Waals surface area contributed by atoms with E-state index in [4.69, 9.17) is 9.72 Å². The summed E-state index contributed by atoms with van der Waals surface area (Å²) in [5.74, 6) is 0.886. The van der Waals surface area contributed by atoms with Crippen molar-refractivity contribution in [2.45, 2.75) is 6.54 Å². The molecular weight excluding hydrogens is 342 g/mol. The molecule has 134 valence electrons. The monoisotopic (exact) mass is 366 g/mol. The second kappa shape index (κ2) is 7.89. The number of thiazole rings is 1. The molecule has 3 aromatic rings. The van der Waals surface area contributed by atoms with E-state index in [2.05, 4.69) is 46.7 Å². The number of quaternary nitrogens is 1. The van der Waals surface area contributed by atoms with E-state index >= 15 is 0 Å². The molecule has 1 N–H and O–H groups in total. The minimum Gasteiger partial charge on any atom is -0.496 e. The number of para-hydroxylation sites is 2. The van der Waals surface area contributed by atoms with Gasteiger partial charge in [0.05, 0.1) is 38.9 Å². The lowest BCUT2D eigenvalue weighted by Gasteiger charge is -2.33. The summed E-state index contributed by atoms with van der Waals surface area (Å²) in [5, 5.41) is 3.23. The molecule has 4 nitrogen and oxygen atoms in total. The summed E-state index contributed by atoms with van der Waals surface area (Å²) in [6, 6.07) is 18.8. The normalized spacial score (nSPS) is 15.2. The average molecular weight is 367 g/mol. The number of nitrogens with zero attached hydrogens (tertiary/aromatic N) is 2. The number of hydrogen-bond acceptors (Lipinski definition) is 4. The molecular formula is C21H24N3OS+. The van der Waals surface area contributed by atoms with Gasteiger partial charge < -0.3 is 14.5 Å². The largest absolute Gasteiger partial charge is 0.496 e. The highest BCUT2D eigenvalue weighted by Gasteiger charge is 2.21. The van der Waals surface area contributed by atoms with Gasteiger partial charge in [-0.15, -0.1) is 11.3 Å². The molecule has 1 aliphatic heterocycles. The van der Waals surface area contributed by atoms with E-state index in [-0.39, 0.29) is 0 Å². The minimum absolute atomic E-state index is 0.886. The number of nitrogens with one attached hydrogen (secondary N) is 1. The first-order chi connectivity index (χ1) is 12.8. The van der Waals surface area contributed by atoms with Crippen LogP contribution in [0.5, 0.6) is 5.75 Å². The second-order valence-corrected chi connectivity index (χ2v) is 7.45. The van der Waals surface area contributed by atoms with E-state index in [9.17, 15) is 0 Å². The predicted octanol–water partition coefficient (Wildman–Crippen LogP) is 2.72. The zero-order chi connectivity index (χ0) is 17.8. The van der Waals surface area contributed by atoms with E-state index in [0.29, 0.717) is 0 Å². The Morgan fingerprint density at radius 1 is 1.04 bits per heavy atom. The van der Waals surface area contributed by atoms with Gasteiger partial charge in [-0.2, -0.15) is 0 Å². The van der Waals surface area contributed by atoms with E-state index in [1.54, 1.807) is 23.3 Å². The van der Waals surface area contributed by atoms with Gasteiger partial charge in [-0.1, -0.05) is 30.3 Å². The summed E-state index contributed by atoms with van der Waals surface area (Å²) in [7, 11) is 1.71. The average Bonchev–Trinajstić information content (AvgIpc) is 3.17. The fourth-order valence-electron chi connectivity index (χ4n) is 3.49. The predicted molar refractivity (Wildman–Crippen MR) is 107 cm³/mol. The molecule has 0 radical (unpaired) electrons. The van der Waals surface area contributed by atoms with Crippen molar-refractivity contribution in [3.8, 4) is 16.3 Å². The Kier molecular flexibility index (Phi) is 5.18. The number of piperazine rings is 1. The van der Waals surface area contributed by atoms with Crippen molar-refractivity contribution in [1.82, 2.24) is 4.98 Å². The van der Waals surface area contributed by atoms with Gasteiger partial charge in [0, 0.05) is 11.1 Å². The Balaban J connectivity index is 1.38. The van der Waals surface area contributed by atoms with Crippen molar-refractivity contribution >= 4 is 17.0 Å². The van der Waals surface area contributed by atoms with Crippen molar-refractivity contribution in [3.05, 3.63) is 65.7 Å². The molecule has 0 unspecified atom stereocenters. The third-order valence-corrected chi connectivity index (χ3v) is 5.84. The Morgan fingerprint density at radius 2 is 1.77 bits per heavy atom. The molecule has 5 heteroatoms. The summed E-state index contributed by atoms with van der Waals surface area (Å²) in [5.41, 5.74) is 3.59. The maximum Gasteiger partial charge on any atom is 0.129 e. The van der Waals surface area contributed by atoms with Gasteiger partial charge in [-0.05, 0) is 24.3 Å². The Morgan fingerprint density at radius 3 is 2.54 bits per heavy atom. The number of rotatable bonds is 5. The number of methoxy groups -OCH3 is 1. The van der Waals surface area contributed by atoms with Crippen molar-refractivity contribution in [2.24, 2.45) is 0 Å². The first-order valence-corrected chi connectivity index (χ1v) is 9.93. The van der Waals surface area contributed by atoms with Gasteiger partial charge in [0.25, 0.3) is 0 Å². The van der Waals surface area contributed by atoms with Crippen LogP contribution in [0, 0.1) is 0 Å². The molecule has 26 heavy (non-hydrogen) atoms. The first kappa shape index (κ1) is 17.1. The SMILES string of the molecule is COc1ccccc1-c1nc(C[NH+]2CCN(c3ccccc3)CC2)cs1. The standard InChI is InChI=1S/C21H23N3OS/c1-25-20-10-6-5-9-19(20)21-22-17(16-26-21)15-23-11-13-24(14-12-23)18-7-3-2-4-8-18/h2-10,16H,11-15H2,1H3/p+1. The molecule has 0 bridgehead atoms. The molecule has 2 aromatic carbocycles. The van der Waals surface area contributed by atoms with Gasteiger partial charge in [0.1, 0.15) is 23.0 Å². The van der Waals surface area contributed by atoms with Gasteiger partial charge in [-0.25, -0.2) is 4.98 Å². The van der Waals surface area contributed by atoms with E-state index < -0.39 is 0 Å². The molecule has 0 saturated carbocycles. The van der Waals surface area contributed by atoms with E-state index in [1.165, 1.54) is 11.4 Å². The van der Waals surface area contributed by atoms with Gasteiger partial charge in [0.2, 0.25) is 0 Å². The van der Waals surface area contributed by atoms with Crippen LogP contribution in [0.4, 0.5) is 5.69 Å². The second-order valence-electron chi connectivity index (χ2n) is 6.59. The van der Waals surface area contributed by atoms with Crippen molar-refractivity contribution in [1.29, 1.82) is 0 Å². The van der Waals surface area contributed by atoms with Crippen LogP contribution in [0.3, 0.4) is 0 Å². The Hall–Kier alpha value is -2.37. The summed E-state index contributed by atoms with van der Waals surface area (Å²) in [6.07, 6.45) is 0. The lowest BCUT2D eigenvalue weighted by atomic mass is 10.2. The summed E-state index contributed by atoms with van der Waals surface area (Å²) < 4.78 is 5.47. The van der Waals surface area contributed by atoms with E-state index in [0.717, 1.165) is 49.0 Å². The fraction of sp³-hybridized carbons (Fsp3) is 0.286. The maximum absolute atomic E-state index is 5.47. The zero-order valence-electron chi connectivity index (χ0n) is 15.0. The molecule has 4 rings (SSSR count). The number of benzene rings is 2. The Bertz CT molecular complexity index is 841. The number of anilines is 1. The van der Waals surface area contributed by atoms with Crippen LogP contribution in [0.15, 0.2) is 60.0 Å². The highest BCUT2D eigenvalue weighted by atomic mass is 32.1. The van der Waals surface area contributed by atoms with Crippen LogP contribution in [0.2, 0.25) is 0 Å². The van der Waals surface area contributed by atoms with Crippen LogP contribution < -0.4 is 14.5 Å². The van der Waals surface area contributed by atoms with Crippen molar-refractivity contribution in [3.63, 3.8) is 0 Å².